The molecule has 1 amide bonds. The zero-order chi connectivity index (χ0) is 20.3. The highest BCUT2D eigenvalue weighted by atomic mass is 16.6. The van der Waals surface area contributed by atoms with E-state index < -0.39 is 27.1 Å². The van der Waals surface area contributed by atoms with Crippen molar-refractivity contribution in [3.63, 3.8) is 0 Å². The first-order valence-corrected chi connectivity index (χ1v) is 8.96. The number of nitrogens with zero attached hydrogens (tertiary/aromatic N) is 3. The van der Waals surface area contributed by atoms with Crippen LogP contribution in [0.25, 0.3) is 0 Å². The highest BCUT2D eigenvalue weighted by Gasteiger charge is 2.31. The van der Waals surface area contributed by atoms with Gasteiger partial charge in [0, 0.05) is 24.8 Å². The van der Waals surface area contributed by atoms with Crippen molar-refractivity contribution in [1.82, 2.24) is 0 Å². The highest BCUT2D eigenvalue weighted by molar-refractivity contribution is 6.10. The van der Waals surface area contributed by atoms with Gasteiger partial charge in [-0.3, -0.25) is 25.0 Å². The first-order valence-electron chi connectivity index (χ1n) is 8.96. The van der Waals surface area contributed by atoms with Crippen LogP contribution in [0.1, 0.15) is 35.2 Å². The molecule has 2 aromatic carbocycles. The van der Waals surface area contributed by atoms with Crippen molar-refractivity contribution < 1.29 is 14.6 Å². The maximum Gasteiger partial charge on any atom is 0.300 e. The monoisotopic (exact) mass is 384 g/mol. The van der Waals surface area contributed by atoms with Crippen LogP contribution in [0.15, 0.2) is 36.4 Å². The second kappa shape index (κ2) is 8.03. The Morgan fingerprint density at radius 2 is 1.64 bits per heavy atom. The van der Waals surface area contributed by atoms with Crippen LogP contribution >= 0.6 is 0 Å². The van der Waals surface area contributed by atoms with Crippen LogP contribution in [0.2, 0.25) is 0 Å². The Morgan fingerprint density at radius 3 is 2.21 bits per heavy atom. The minimum atomic E-state index is -0.727. The number of piperidine rings is 1. The number of hydrogen-bond donors (Lipinski definition) is 1. The molecule has 0 aliphatic carbocycles. The van der Waals surface area contributed by atoms with E-state index in [9.17, 15) is 25.0 Å². The summed E-state index contributed by atoms with van der Waals surface area (Å²) in [7, 11) is 0. The quantitative estimate of drug-likeness (QED) is 0.613. The lowest BCUT2D eigenvalue weighted by atomic mass is 10.0. The third kappa shape index (κ3) is 4.08. The van der Waals surface area contributed by atoms with Crippen molar-refractivity contribution in [2.45, 2.75) is 26.2 Å². The van der Waals surface area contributed by atoms with Gasteiger partial charge in [0.25, 0.3) is 17.3 Å². The zero-order valence-electron chi connectivity index (χ0n) is 15.4. The van der Waals surface area contributed by atoms with Gasteiger partial charge in [-0.15, -0.1) is 0 Å². The van der Waals surface area contributed by atoms with Gasteiger partial charge in [-0.1, -0.05) is 17.7 Å². The van der Waals surface area contributed by atoms with Crippen LogP contribution in [0, 0.1) is 27.2 Å². The van der Waals surface area contributed by atoms with Gasteiger partial charge < -0.3 is 10.2 Å². The van der Waals surface area contributed by atoms with Crippen molar-refractivity contribution in [2.75, 3.05) is 23.3 Å². The van der Waals surface area contributed by atoms with E-state index in [1.54, 1.807) is 17.0 Å². The molecular weight excluding hydrogens is 364 g/mol. The molecule has 1 aliphatic heterocycles. The van der Waals surface area contributed by atoms with E-state index >= 15 is 0 Å². The van der Waals surface area contributed by atoms with Crippen LogP contribution in [-0.2, 0) is 0 Å². The highest BCUT2D eigenvalue weighted by Crippen LogP contribution is 2.38. The largest absolute Gasteiger partial charge is 0.365 e. The van der Waals surface area contributed by atoms with E-state index in [-0.39, 0.29) is 11.3 Å². The number of benzene rings is 2. The maximum absolute atomic E-state index is 12.9. The van der Waals surface area contributed by atoms with Crippen molar-refractivity contribution in [1.29, 1.82) is 0 Å². The van der Waals surface area contributed by atoms with Crippen LogP contribution in [-0.4, -0.2) is 28.8 Å². The summed E-state index contributed by atoms with van der Waals surface area (Å²) in [5, 5.41) is 25.6. The second-order valence-corrected chi connectivity index (χ2v) is 6.74. The topological polar surface area (TPSA) is 119 Å². The number of anilines is 2. The number of non-ortho nitro benzene ring substituents is 1. The van der Waals surface area contributed by atoms with Gasteiger partial charge in [-0.05, 0) is 38.3 Å². The van der Waals surface area contributed by atoms with Crippen LogP contribution < -0.4 is 10.2 Å². The maximum atomic E-state index is 12.9. The average molecular weight is 384 g/mol. The molecule has 9 heteroatoms. The molecule has 0 aromatic heterocycles. The first kappa shape index (κ1) is 19.3. The van der Waals surface area contributed by atoms with E-state index in [4.69, 9.17) is 0 Å². The molecule has 1 heterocycles. The summed E-state index contributed by atoms with van der Waals surface area (Å²) in [4.78, 5) is 36.2. The minimum Gasteiger partial charge on any atom is -0.365 e. The van der Waals surface area contributed by atoms with Crippen LogP contribution in [0.4, 0.5) is 22.7 Å². The third-order valence-corrected chi connectivity index (χ3v) is 4.71. The Hall–Kier alpha value is -3.49. The number of nitrogens with one attached hydrogen (secondary N) is 1. The summed E-state index contributed by atoms with van der Waals surface area (Å²) in [6, 6.07) is 9.08. The Bertz CT molecular complexity index is 921. The summed E-state index contributed by atoms with van der Waals surface area (Å²) in [5.41, 5.74) is 0.683. The smallest absolute Gasteiger partial charge is 0.300 e. The van der Waals surface area contributed by atoms with Crippen molar-refractivity contribution >= 4 is 28.7 Å². The molecule has 0 radical (unpaired) electrons. The molecule has 1 saturated heterocycles. The number of amides is 1. The third-order valence-electron chi connectivity index (χ3n) is 4.71. The SMILES string of the molecule is Cc1ccc(NC(=O)c2cc([N+](=O)[O-])cc([N+](=O)[O-])c2N2CCCCC2)cc1. The fourth-order valence-corrected chi connectivity index (χ4v) is 3.31. The second-order valence-electron chi connectivity index (χ2n) is 6.74. The molecule has 1 N–H and O–H groups in total. The standard InChI is InChI=1S/C19H20N4O5/c1-13-5-7-14(8-6-13)20-19(24)16-11-15(22(25)26)12-17(23(27)28)18(16)21-9-3-2-4-10-21/h5-8,11-12H,2-4,9-10H2,1H3,(H,20,24). The number of aryl methyl sites for hydroxylation is 1. The molecule has 1 aliphatic rings. The molecule has 0 bridgehead atoms. The molecule has 3 rings (SSSR count). The molecule has 0 spiro atoms. The lowest BCUT2D eigenvalue weighted by molar-refractivity contribution is -0.393. The molecule has 0 atom stereocenters. The van der Waals surface area contributed by atoms with Gasteiger partial charge in [-0.25, -0.2) is 0 Å². The summed E-state index contributed by atoms with van der Waals surface area (Å²) < 4.78 is 0. The molecule has 28 heavy (non-hydrogen) atoms. The fraction of sp³-hybridized carbons (Fsp3) is 0.316. The molecule has 146 valence electrons. The van der Waals surface area contributed by atoms with E-state index in [2.05, 4.69) is 5.32 Å². The predicted octanol–water partition coefficient (Wildman–Crippen LogP) is 4.05. The number of hydrogen-bond acceptors (Lipinski definition) is 6. The van der Waals surface area contributed by atoms with Crippen LogP contribution in [0.5, 0.6) is 0 Å². The predicted molar refractivity (Wildman–Crippen MR) is 105 cm³/mol. The number of nitro benzene ring substituents is 2. The Balaban J connectivity index is 2.09. The zero-order valence-corrected chi connectivity index (χ0v) is 15.4. The number of nitro groups is 2. The van der Waals surface area contributed by atoms with Gasteiger partial charge in [0.1, 0.15) is 5.69 Å². The Kier molecular flexibility index (Phi) is 5.53. The van der Waals surface area contributed by atoms with Gasteiger partial charge in [0.2, 0.25) is 0 Å². The lowest BCUT2D eigenvalue weighted by Crippen LogP contribution is -2.32. The Morgan fingerprint density at radius 1 is 1.00 bits per heavy atom. The van der Waals surface area contributed by atoms with Crippen molar-refractivity contribution in [3.05, 3.63) is 67.8 Å². The number of rotatable bonds is 5. The van der Waals surface area contributed by atoms with Crippen molar-refractivity contribution in [2.24, 2.45) is 0 Å². The van der Waals surface area contributed by atoms with E-state index in [1.165, 1.54) is 0 Å². The summed E-state index contributed by atoms with van der Waals surface area (Å²) in [5.74, 6) is -0.615. The van der Waals surface area contributed by atoms with Gasteiger partial charge in [0.15, 0.2) is 0 Å². The summed E-state index contributed by atoms with van der Waals surface area (Å²) >= 11 is 0. The van der Waals surface area contributed by atoms with E-state index in [0.717, 1.165) is 37.0 Å². The molecule has 0 unspecified atom stereocenters. The lowest BCUT2D eigenvalue weighted by Gasteiger charge is -2.29. The van der Waals surface area contributed by atoms with E-state index in [0.29, 0.717) is 18.8 Å². The van der Waals surface area contributed by atoms with Gasteiger partial charge in [0.05, 0.1) is 21.5 Å². The molecule has 0 saturated carbocycles. The molecule has 1 fully saturated rings. The normalized spacial score (nSPS) is 13.8. The van der Waals surface area contributed by atoms with Crippen molar-refractivity contribution in [3.8, 4) is 0 Å². The molecule has 2 aromatic rings. The van der Waals surface area contributed by atoms with Gasteiger partial charge in [-0.2, -0.15) is 0 Å². The summed E-state index contributed by atoms with van der Waals surface area (Å²) in [6.07, 6.45) is 2.68. The van der Waals surface area contributed by atoms with Crippen LogP contribution in [0.3, 0.4) is 0 Å². The number of carbonyl (C=O) groups excluding carboxylic acids is 1. The minimum absolute atomic E-state index is 0.0663. The molecular formula is C19H20N4O5. The fourth-order valence-electron chi connectivity index (χ4n) is 3.31. The Labute approximate surface area is 161 Å². The average Bonchev–Trinajstić information content (AvgIpc) is 2.69. The first-order chi connectivity index (χ1) is 13.4. The molecule has 9 nitrogen and oxygen atoms in total. The van der Waals surface area contributed by atoms with E-state index in [1.807, 2.05) is 19.1 Å². The summed E-state index contributed by atoms with van der Waals surface area (Å²) in [6.45, 7) is 3.02. The number of carbonyl (C=O) groups is 1. The van der Waals surface area contributed by atoms with Gasteiger partial charge >= 0.3 is 0 Å².